The Morgan fingerprint density at radius 3 is 2.26 bits per heavy atom. The standard InChI is InChI=1S/C21H25N3O2.ClH/c1-22-18-11-13-24(14-12-18)21(26)17-8-6-7-16(15-17)20(25)23(2)19-9-4-3-5-10-19;/h3-10,15,18,22H,11-14H2,1-2H3;1H. The first-order valence-corrected chi connectivity index (χ1v) is 9.00. The summed E-state index contributed by atoms with van der Waals surface area (Å²) in [5.41, 5.74) is 1.91. The number of hydrogen-bond acceptors (Lipinski definition) is 3. The number of amides is 2. The molecule has 0 atom stereocenters. The maximum atomic E-state index is 12.8. The van der Waals surface area contributed by atoms with E-state index in [2.05, 4.69) is 5.32 Å². The Hall–Kier alpha value is -2.37. The van der Waals surface area contributed by atoms with Crippen molar-refractivity contribution in [1.82, 2.24) is 10.2 Å². The number of nitrogens with one attached hydrogen (secondary N) is 1. The highest BCUT2D eigenvalue weighted by Gasteiger charge is 2.23. The molecule has 0 unspecified atom stereocenters. The van der Waals surface area contributed by atoms with Crippen molar-refractivity contribution in [2.75, 3.05) is 32.1 Å². The maximum Gasteiger partial charge on any atom is 0.258 e. The highest BCUT2D eigenvalue weighted by atomic mass is 35.5. The number of carbonyl (C=O) groups is 2. The first-order valence-electron chi connectivity index (χ1n) is 9.00. The first-order chi connectivity index (χ1) is 12.6. The van der Waals surface area contributed by atoms with Crippen molar-refractivity contribution in [1.29, 1.82) is 0 Å². The van der Waals surface area contributed by atoms with Crippen LogP contribution in [0.4, 0.5) is 5.69 Å². The van der Waals surface area contributed by atoms with E-state index < -0.39 is 0 Å². The van der Waals surface area contributed by atoms with Gasteiger partial charge in [0.2, 0.25) is 0 Å². The lowest BCUT2D eigenvalue weighted by atomic mass is 10.0. The molecule has 0 saturated carbocycles. The lowest BCUT2D eigenvalue weighted by Crippen LogP contribution is -2.44. The maximum absolute atomic E-state index is 12.8. The Balaban J connectivity index is 0.00000261. The summed E-state index contributed by atoms with van der Waals surface area (Å²) in [5.74, 6) is -0.128. The van der Waals surface area contributed by atoms with Crippen molar-refractivity contribution in [3.05, 3.63) is 65.7 Å². The molecule has 0 aromatic heterocycles. The van der Waals surface area contributed by atoms with E-state index in [4.69, 9.17) is 0 Å². The predicted octanol–water partition coefficient (Wildman–Crippen LogP) is 3.21. The summed E-state index contributed by atoms with van der Waals surface area (Å²) in [6.45, 7) is 1.48. The zero-order valence-corrected chi connectivity index (χ0v) is 16.5. The van der Waals surface area contributed by atoms with Gasteiger partial charge in [0.05, 0.1) is 0 Å². The molecule has 3 rings (SSSR count). The summed E-state index contributed by atoms with van der Waals surface area (Å²) < 4.78 is 0. The second-order valence-electron chi connectivity index (χ2n) is 6.64. The Bertz CT molecular complexity index is 774. The second kappa shape index (κ2) is 9.53. The number of hydrogen-bond donors (Lipinski definition) is 1. The quantitative estimate of drug-likeness (QED) is 0.876. The molecule has 1 N–H and O–H groups in total. The molecule has 0 aliphatic carbocycles. The molecule has 144 valence electrons. The van der Waals surface area contributed by atoms with Crippen molar-refractivity contribution >= 4 is 29.9 Å². The van der Waals surface area contributed by atoms with Crippen molar-refractivity contribution in [3.8, 4) is 0 Å². The minimum Gasteiger partial charge on any atom is -0.339 e. The zero-order valence-electron chi connectivity index (χ0n) is 15.7. The molecule has 6 heteroatoms. The van der Waals surface area contributed by atoms with E-state index in [1.165, 1.54) is 0 Å². The minimum atomic E-state index is -0.125. The molecule has 0 radical (unpaired) electrons. The predicted molar refractivity (Wildman–Crippen MR) is 111 cm³/mol. The van der Waals surface area contributed by atoms with E-state index >= 15 is 0 Å². The summed E-state index contributed by atoms with van der Waals surface area (Å²) in [5, 5.41) is 3.27. The van der Waals surface area contributed by atoms with Gasteiger partial charge in [-0.25, -0.2) is 0 Å². The molecule has 1 heterocycles. The lowest BCUT2D eigenvalue weighted by Gasteiger charge is -2.32. The van der Waals surface area contributed by atoms with E-state index in [0.29, 0.717) is 17.2 Å². The molecular weight excluding hydrogens is 362 g/mol. The molecule has 0 spiro atoms. The van der Waals surface area contributed by atoms with Gasteiger partial charge in [-0.2, -0.15) is 0 Å². The van der Waals surface area contributed by atoms with Crippen molar-refractivity contribution in [2.24, 2.45) is 0 Å². The normalized spacial score (nSPS) is 14.4. The smallest absolute Gasteiger partial charge is 0.258 e. The molecule has 0 bridgehead atoms. The molecular formula is C21H26ClN3O2. The third-order valence-electron chi connectivity index (χ3n) is 5.00. The SMILES string of the molecule is CNC1CCN(C(=O)c2cccc(C(=O)N(C)c3ccccc3)c2)CC1.Cl. The van der Waals surface area contributed by atoms with Crippen LogP contribution in [0.1, 0.15) is 33.6 Å². The van der Waals surface area contributed by atoms with Gasteiger partial charge in [-0.05, 0) is 50.2 Å². The van der Waals surface area contributed by atoms with Crippen molar-refractivity contribution < 1.29 is 9.59 Å². The van der Waals surface area contributed by atoms with Gasteiger partial charge in [-0.3, -0.25) is 9.59 Å². The Labute approximate surface area is 166 Å². The monoisotopic (exact) mass is 387 g/mol. The summed E-state index contributed by atoms with van der Waals surface area (Å²) in [6, 6.07) is 17.0. The zero-order chi connectivity index (χ0) is 18.5. The number of benzene rings is 2. The van der Waals surface area contributed by atoms with Crippen LogP contribution in [0.2, 0.25) is 0 Å². The van der Waals surface area contributed by atoms with E-state index in [1.54, 1.807) is 36.2 Å². The average molecular weight is 388 g/mol. The van der Waals surface area contributed by atoms with E-state index in [0.717, 1.165) is 31.6 Å². The van der Waals surface area contributed by atoms with Crippen molar-refractivity contribution in [3.63, 3.8) is 0 Å². The van der Waals surface area contributed by atoms with Crippen LogP contribution in [0.15, 0.2) is 54.6 Å². The fourth-order valence-electron chi connectivity index (χ4n) is 3.30. The molecule has 27 heavy (non-hydrogen) atoms. The minimum absolute atomic E-state index is 0. The van der Waals surface area contributed by atoms with Crippen LogP contribution in [0.5, 0.6) is 0 Å². The molecule has 5 nitrogen and oxygen atoms in total. The van der Waals surface area contributed by atoms with Crippen LogP contribution in [-0.2, 0) is 0 Å². The fraction of sp³-hybridized carbons (Fsp3) is 0.333. The molecule has 1 saturated heterocycles. The molecule has 2 aromatic rings. The lowest BCUT2D eigenvalue weighted by molar-refractivity contribution is 0.0707. The molecule has 1 aliphatic rings. The number of likely N-dealkylation sites (tertiary alicyclic amines) is 1. The summed E-state index contributed by atoms with van der Waals surface area (Å²) in [4.78, 5) is 29.0. The molecule has 1 aliphatic heterocycles. The number of halogens is 1. The number of carbonyl (C=O) groups excluding carboxylic acids is 2. The van der Waals surface area contributed by atoms with Gasteiger partial charge in [0.15, 0.2) is 0 Å². The average Bonchev–Trinajstić information content (AvgIpc) is 2.73. The number of nitrogens with zero attached hydrogens (tertiary/aromatic N) is 2. The highest BCUT2D eigenvalue weighted by Crippen LogP contribution is 2.18. The van der Waals surface area contributed by atoms with Crippen LogP contribution in [0.25, 0.3) is 0 Å². The number of piperidine rings is 1. The second-order valence-corrected chi connectivity index (χ2v) is 6.64. The number of anilines is 1. The molecule has 2 amide bonds. The van der Waals surface area contributed by atoms with Gasteiger partial charge >= 0.3 is 0 Å². The van der Waals surface area contributed by atoms with Crippen LogP contribution >= 0.6 is 12.4 Å². The highest BCUT2D eigenvalue weighted by molar-refractivity contribution is 6.07. The van der Waals surface area contributed by atoms with Gasteiger partial charge in [-0.15, -0.1) is 12.4 Å². The largest absolute Gasteiger partial charge is 0.339 e. The third-order valence-corrected chi connectivity index (χ3v) is 5.00. The van der Waals surface area contributed by atoms with Gasteiger partial charge in [0, 0.05) is 43.0 Å². The first kappa shape index (κ1) is 20.9. The Morgan fingerprint density at radius 1 is 1.00 bits per heavy atom. The molecule has 1 fully saturated rings. The van der Waals surface area contributed by atoms with Crippen LogP contribution in [0.3, 0.4) is 0 Å². The third kappa shape index (κ3) is 4.87. The Morgan fingerprint density at radius 2 is 1.63 bits per heavy atom. The molecule has 2 aromatic carbocycles. The van der Waals surface area contributed by atoms with E-state index in [1.807, 2.05) is 42.3 Å². The number of para-hydroxylation sites is 1. The summed E-state index contributed by atoms with van der Waals surface area (Å²) in [7, 11) is 3.70. The van der Waals surface area contributed by atoms with E-state index in [9.17, 15) is 9.59 Å². The van der Waals surface area contributed by atoms with Gasteiger partial charge < -0.3 is 15.1 Å². The van der Waals surface area contributed by atoms with Crippen LogP contribution in [-0.4, -0.2) is 49.9 Å². The fourth-order valence-corrected chi connectivity index (χ4v) is 3.30. The van der Waals surface area contributed by atoms with Crippen LogP contribution in [0, 0.1) is 0 Å². The van der Waals surface area contributed by atoms with Crippen molar-refractivity contribution in [2.45, 2.75) is 18.9 Å². The topological polar surface area (TPSA) is 52.7 Å². The van der Waals surface area contributed by atoms with Gasteiger partial charge in [0.1, 0.15) is 0 Å². The van der Waals surface area contributed by atoms with Gasteiger partial charge in [-0.1, -0.05) is 24.3 Å². The summed E-state index contributed by atoms with van der Waals surface area (Å²) >= 11 is 0. The van der Waals surface area contributed by atoms with Gasteiger partial charge in [0.25, 0.3) is 11.8 Å². The number of rotatable bonds is 4. The van der Waals surface area contributed by atoms with Crippen LogP contribution < -0.4 is 10.2 Å². The Kier molecular flexibility index (Phi) is 7.39. The van der Waals surface area contributed by atoms with E-state index in [-0.39, 0.29) is 24.2 Å². The summed E-state index contributed by atoms with van der Waals surface area (Å²) in [6.07, 6.45) is 1.91.